The molecule has 2 saturated heterocycles. The first-order chi connectivity index (χ1) is 14.3. The Hall–Kier alpha value is -1.48. The minimum Gasteiger partial charge on any atom is -0.373 e. The molecule has 0 spiro atoms. The molecule has 7 nitrogen and oxygen atoms in total. The van der Waals surface area contributed by atoms with Gasteiger partial charge in [-0.15, -0.1) is 0 Å². The zero-order valence-corrected chi connectivity index (χ0v) is 18.7. The lowest BCUT2D eigenvalue weighted by Crippen LogP contribution is -2.48. The number of nitrogens with zero attached hydrogens (tertiary/aromatic N) is 2. The standard InChI is InChI=1S/C22H33N3O4S/c1-16-13-24(14-17(2)29-16)15-18-8-10-25(11-9-18)22(26)19-4-3-5-21(12-19)30(27,28)23-20-6-7-20/h3-5,12,16-18,20,23H,6-11,13-15H2,1-2H3. The van der Waals surface area contributed by atoms with Gasteiger partial charge in [0.15, 0.2) is 0 Å². The van der Waals surface area contributed by atoms with E-state index in [2.05, 4.69) is 23.5 Å². The average Bonchev–Trinajstić information content (AvgIpc) is 3.51. The molecule has 30 heavy (non-hydrogen) atoms. The largest absolute Gasteiger partial charge is 0.373 e. The van der Waals surface area contributed by atoms with E-state index < -0.39 is 10.0 Å². The van der Waals surface area contributed by atoms with Crippen molar-refractivity contribution in [1.82, 2.24) is 14.5 Å². The molecule has 1 aromatic carbocycles. The van der Waals surface area contributed by atoms with Gasteiger partial charge >= 0.3 is 0 Å². The van der Waals surface area contributed by atoms with E-state index in [9.17, 15) is 13.2 Å². The first-order valence-electron chi connectivity index (χ1n) is 11.1. The number of ether oxygens (including phenoxy) is 1. The van der Waals surface area contributed by atoms with Crippen LogP contribution in [0.25, 0.3) is 0 Å². The molecule has 4 rings (SSSR count). The van der Waals surface area contributed by atoms with Crippen LogP contribution in [-0.2, 0) is 14.8 Å². The molecule has 1 aliphatic carbocycles. The van der Waals surface area contributed by atoms with Crippen molar-refractivity contribution >= 4 is 15.9 Å². The summed E-state index contributed by atoms with van der Waals surface area (Å²) in [7, 11) is -3.55. The van der Waals surface area contributed by atoms with E-state index in [1.54, 1.807) is 18.2 Å². The van der Waals surface area contributed by atoms with Crippen LogP contribution in [0.1, 0.15) is 49.9 Å². The van der Waals surface area contributed by atoms with E-state index in [4.69, 9.17) is 4.74 Å². The topological polar surface area (TPSA) is 79.0 Å². The van der Waals surface area contributed by atoms with Crippen LogP contribution in [0.3, 0.4) is 0 Å². The van der Waals surface area contributed by atoms with Crippen LogP contribution in [0.15, 0.2) is 29.2 Å². The zero-order chi connectivity index (χ0) is 21.3. The summed E-state index contributed by atoms with van der Waals surface area (Å²) >= 11 is 0. The van der Waals surface area contributed by atoms with Crippen LogP contribution in [0.5, 0.6) is 0 Å². The molecule has 0 aromatic heterocycles. The maximum Gasteiger partial charge on any atom is 0.253 e. The molecule has 0 radical (unpaired) electrons. The Morgan fingerprint density at radius 3 is 2.40 bits per heavy atom. The smallest absolute Gasteiger partial charge is 0.253 e. The van der Waals surface area contributed by atoms with Gasteiger partial charge in [-0.25, -0.2) is 13.1 Å². The molecule has 2 heterocycles. The van der Waals surface area contributed by atoms with E-state index in [1.165, 1.54) is 6.07 Å². The molecule has 1 N–H and O–H groups in total. The number of hydrogen-bond acceptors (Lipinski definition) is 5. The second kappa shape index (κ2) is 8.94. The van der Waals surface area contributed by atoms with Gasteiger partial charge in [0.2, 0.25) is 10.0 Å². The number of piperidine rings is 1. The number of likely N-dealkylation sites (tertiary alicyclic amines) is 1. The van der Waals surface area contributed by atoms with Crippen molar-refractivity contribution in [2.24, 2.45) is 5.92 Å². The molecule has 8 heteroatoms. The third-order valence-electron chi connectivity index (χ3n) is 6.20. The molecular formula is C22H33N3O4S. The second-order valence-electron chi connectivity index (χ2n) is 9.13. The molecule has 166 valence electrons. The molecular weight excluding hydrogens is 402 g/mol. The Labute approximate surface area is 179 Å². The summed E-state index contributed by atoms with van der Waals surface area (Å²) in [5.41, 5.74) is 0.447. The van der Waals surface area contributed by atoms with Gasteiger partial charge in [-0.1, -0.05) is 6.07 Å². The van der Waals surface area contributed by atoms with Gasteiger partial charge in [-0.2, -0.15) is 0 Å². The summed E-state index contributed by atoms with van der Waals surface area (Å²) in [5, 5.41) is 0. The predicted octanol–water partition coefficient (Wildman–Crippen LogP) is 2.09. The Kier molecular flexibility index (Phi) is 6.48. The van der Waals surface area contributed by atoms with E-state index in [-0.39, 0.29) is 29.1 Å². The van der Waals surface area contributed by atoms with Crippen LogP contribution in [0.2, 0.25) is 0 Å². The normalized spacial score (nSPS) is 26.7. The van der Waals surface area contributed by atoms with Crippen molar-refractivity contribution in [1.29, 1.82) is 0 Å². The van der Waals surface area contributed by atoms with Gasteiger partial charge in [0, 0.05) is 44.3 Å². The summed E-state index contributed by atoms with van der Waals surface area (Å²) in [6, 6.07) is 6.47. The number of nitrogens with one attached hydrogen (secondary N) is 1. The molecule has 1 aromatic rings. The Morgan fingerprint density at radius 1 is 1.10 bits per heavy atom. The Bertz CT molecular complexity index is 853. The molecule has 2 unspecified atom stereocenters. The Morgan fingerprint density at radius 2 is 1.77 bits per heavy atom. The molecule has 0 bridgehead atoms. The predicted molar refractivity (Wildman–Crippen MR) is 115 cm³/mol. The number of carbonyl (C=O) groups excluding carboxylic acids is 1. The van der Waals surface area contributed by atoms with Crippen LogP contribution in [0.4, 0.5) is 0 Å². The quantitative estimate of drug-likeness (QED) is 0.740. The van der Waals surface area contributed by atoms with Crippen molar-refractivity contribution in [2.45, 2.75) is 62.7 Å². The maximum atomic E-state index is 13.0. The fourth-order valence-electron chi connectivity index (χ4n) is 4.58. The van der Waals surface area contributed by atoms with Crippen molar-refractivity contribution < 1.29 is 17.9 Å². The first-order valence-corrected chi connectivity index (χ1v) is 12.6. The molecule has 2 aliphatic heterocycles. The zero-order valence-electron chi connectivity index (χ0n) is 17.9. The van der Waals surface area contributed by atoms with E-state index >= 15 is 0 Å². The number of carbonyl (C=O) groups is 1. The maximum absolute atomic E-state index is 13.0. The van der Waals surface area contributed by atoms with Gasteiger partial charge in [0.05, 0.1) is 17.1 Å². The summed E-state index contributed by atoms with van der Waals surface area (Å²) in [4.78, 5) is 17.5. The SMILES string of the molecule is CC1CN(CC2CCN(C(=O)c3cccc(S(=O)(=O)NC4CC4)c3)CC2)CC(C)O1. The van der Waals surface area contributed by atoms with Gasteiger partial charge in [0.25, 0.3) is 5.91 Å². The van der Waals surface area contributed by atoms with Crippen molar-refractivity contribution in [3.63, 3.8) is 0 Å². The van der Waals surface area contributed by atoms with Crippen molar-refractivity contribution in [3.05, 3.63) is 29.8 Å². The summed E-state index contributed by atoms with van der Waals surface area (Å²) in [5.74, 6) is 0.506. The van der Waals surface area contributed by atoms with Crippen LogP contribution in [0, 0.1) is 5.92 Å². The lowest BCUT2D eigenvalue weighted by Gasteiger charge is -2.39. The summed E-state index contributed by atoms with van der Waals surface area (Å²) in [6.45, 7) is 8.68. The van der Waals surface area contributed by atoms with Crippen LogP contribution < -0.4 is 4.72 Å². The fourth-order valence-corrected chi connectivity index (χ4v) is 5.94. The number of benzene rings is 1. The lowest BCUT2D eigenvalue weighted by atomic mass is 9.95. The highest BCUT2D eigenvalue weighted by atomic mass is 32.2. The second-order valence-corrected chi connectivity index (χ2v) is 10.8. The number of hydrogen-bond donors (Lipinski definition) is 1. The van der Waals surface area contributed by atoms with Crippen LogP contribution >= 0.6 is 0 Å². The molecule has 1 saturated carbocycles. The molecule has 3 fully saturated rings. The number of sulfonamides is 1. The Balaban J connectivity index is 1.32. The monoisotopic (exact) mass is 435 g/mol. The molecule has 1 amide bonds. The van der Waals surface area contributed by atoms with E-state index in [0.29, 0.717) is 11.5 Å². The number of amides is 1. The third kappa shape index (κ3) is 5.41. The lowest BCUT2D eigenvalue weighted by molar-refractivity contribution is -0.0728. The number of rotatable bonds is 6. The summed E-state index contributed by atoms with van der Waals surface area (Å²) in [6.07, 6.45) is 4.27. The van der Waals surface area contributed by atoms with E-state index in [0.717, 1.165) is 58.4 Å². The van der Waals surface area contributed by atoms with Crippen LogP contribution in [-0.4, -0.2) is 75.1 Å². The highest BCUT2D eigenvalue weighted by molar-refractivity contribution is 7.89. The van der Waals surface area contributed by atoms with Crippen molar-refractivity contribution in [3.8, 4) is 0 Å². The van der Waals surface area contributed by atoms with Gasteiger partial charge in [0.1, 0.15) is 0 Å². The van der Waals surface area contributed by atoms with E-state index in [1.807, 2.05) is 4.90 Å². The minimum absolute atomic E-state index is 0.0471. The van der Waals surface area contributed by atoms with Crippen molar-refractivity contribution in [2.75, 3.05) is 32.7 Å². The molecule has 3 aliphatic rings. The number of morpholine rings is 1. The highest BCUT2D eigenvalue weighted by Crippen LogP contribution is 2.24. The molecule has 2 atom stereocenters. The van der Waals surface area contributed by atoms with Gasteiger partial charge in [-0.3, -0.25) is 9.69 Å². The fraction of sp³-hybridized carbons (Fsp3) is 0.682. The third-order valence-corrected chi connectivity index (χ3v) is 7.72. The highest BCUT2D eigenvalue weighted by Gasteiger charge is 2.30. The van der Waals surface area contributed by atoms with Gasteiger partial charge < -0.3 is 9.64 Å². The average molecular weight is 436 g/mol. The van der Waals surface area contributed by atoms with Gasteiger partial charge in [-0.05, 0) is 63.6 Å². The summed E-state index contributed by atoms with van der Waals surface area (Å²) < 4.78 is 33.4. The minimum atomic E-state index is -3.55. The first kappa shape index (κ1) is 21.7.